The van der Waals surface area contributed by atoms with Crippen LogP contribution in [-0.2, 0) is 0 Å². The Morgan fingerprint density at radius 3 is 3.00 bits per heavy atom. The number of dihydropyridines is 1. The molecule has 2 heterocycles. The molecule has 0 aromatic heterocycles. The van der Waals surface area contributed by atoms with Gasteiger partial charge in [0, 0.05) is 30.7 Å². The summed E-state index contributed by atoms with van der Waals surface area (Å²) in [5.74, 6) is 1.63. The predicted molar refractivity (Wildman–Crippen MR) is 68.6 cm³/mol. The summed E-state index contributed by atoms with van der Waals surface area (Å²) < 4.78 is 0. The van der Waals surface area contributed by atoms with E-state index in [0.717, 1.165) is 17.5 Å². The molecular formula is C14H22N2. The summed E-state index contributed by atoms with van der Waals surface area (Å²) in [5, 5.41) is 3.11. The van der Waals surface area contributed by atoms with E-state index in [-0.39, 0.29) is 0 Å². The summed E-state index contributed by atoms with van der Waals surface area (Å²) in [7, 11) is 0. The van der Waals surface area contributed by atoms with Crippen molar-refractivity contribution in [2.45, 2.75) is 26.7 Å². The third-order valence-electron chi connectivity index (χ3n) is 3.61. The van der Waals surface area contributed by atoms with Crippen LogP contribution in [-0.4, -0.2) is 18.0 Å². The summed E-state index contributed by atoms with van der Waals surface area (Å²) in [6.45, 7) is 11.0. The van der Waals surface area contributed by atoms with Crippen molar-refractivity contribution in [2.24, 2.45) is 11.8 Å². The molecule has 0 bridgehead atoms. The lowest BCUT2D eigenvalue weighted by atomic mass is 9.87. The lowest BCUT2D eigenvalue weighted by molar-refractivity contribution is 0.183. The molecule has 2 aliphatic rings. The Balaban J connectivity index is 2.04. The van der Waals surface area contributed by atoms with E-state index >= 15 is 0 Å². The van der Waals surface area contributed by atoms with Gasteiger partial charge in [0.2, 0.25) is 0 Å². The minimum absolute atomic E-state index is 0.789. The van der Waals surface area contributed by atoms with Gasteiger partial charge < -0.3 is 10.2 Å². The quantitative estimate of drug-likeness (QED) is 0.766. The molecule has 0 aliphatic carbocycles. The highest BCUT2D eigenvalue weighted by Crippen LogP contribution is 2.26. The Labute approximate surface area is 98.7 Å². The minimum atomic E-state index is 0.789. The molecular weight excluding hydrogens is 196 g/mol. The van der Waals surface area contributed by atoms with E-state index in [9.17, 15) is 0 Å². The highest BCUT2D eigenvalue weighted by molar-refractivity contribution is 5.32. The third kappa shape index (κ3) is 2.49. The zero-order chi connectivity index (χ0) is 11.5. The molecule has 0 saturated carbocycles. The van der Waals surface area contributed by atoms with Gasteiger partial charge in [-0.05, 0) is 36.8 Å². The summed E-state index contributed by atoms with van der Waals surface area (Å²) >= 11 is 0. The standard InChI is InChI=1S/C14H22N2/c1-11(2)13-5-4-8-16(10-13)14-6-7-15-12(3)9-14/h6-7,9,11,13,15H,3-5,8,10H2,1-2H3. The molecule has 2 nitrogen and oxygen atoms in total. The first-order chi connectivity index (χ1) is 7.66. The Kier molecular flexibility index (Phi) is 3.37. The molecule has 1 saturated heterocycles. The van der Waals surface area contributed by atoms with E-state index in [2.05, 4.69) is 42.8 Å². The second-order valence-corrected chi connectivity index (χ2v) is 5.16. The molecule has 0 aromatic carbocycles. The minimum Gasteiger partial charge on any atom is -0.371 e. The number of piperidine rings is 1. The van der Waals surface area contributed by atoms with Crippen LogP contribution in [0.1, 0.15) is 26.7 Å². The van der Waals surface area contributed by atoms with Gasteiger partial charge >= 0.3 is 0 Å². The monoisotopic (exact) mass is 218 g/mol. The van der Waals surface area contributed by atoms with Gasteiger partial charge in [-0.15, -0.1) is 0 Å². The number of allylic oxidation sites excluding steroid dienone is 2. The average Bonchev–Trinajstić information content (AvgIpc) is 2.29. The van der Waals surface area contributed by atoms with Crippen molar-refractivity contribution in [3.05, 3.63) is 36.3 Å². The molecule has 0 amide bonds. The number of nitrogens with zero attached hydrogens (tertiary/aromatic N) is 1. The number of hydrogen-bond acceptors (Lipinski definition) is 2. The van der Waals surface area contributed by atoms with E-state index in [1.165, 1.54) is 31.6 Å². The van der Waals surface area contributed by atoms with E-state index in [0.29, 0.717) is 0 Å². The zero-order valence-electron chi connectivity index (χ0n) is 10.4. The number of nitrogens with one attached hydrogen (secondary N) is 1. The van der Waals surface area contributed by atoms with Gasteiger partial charge in [0.25, 0.3) is 0 Å². The fraction of sp³-hybridized carbons (Fsp3) is 0.571. The van der Waals surface area contributed by atoms with Gasteiger partial charge in [-0.2, -0.15) is 0 Å². The highest BCUT2D eigenvalue weighted by atomic mass is 15.1. The van der Waals surface area contributed by atoms with Crippen molar-refractivity contribution in [2.75, 3.05) is 13.1 Å². The van der Waals surface area contributed by atoms with Crippen molar-refractivity contribution >= 4 is 0 Å². The highest BCUT2D eigenvalue weighted by Gasteiger charge is 2.23. The van der Waals surface area contributed by atoms with Crippen molar-refractivity contribution in [1.82, 2.24) is 10.2 Å². The lowest BCUT2D eigenvalue weighted by Crippen LogP contribution is -2.37. The van der Waals surface area contributed by atoms with Crippen molar-refractivity contribution in [3.8, 4) is 0 Å². The maximum atomic E-state index is 3.95. The summed E-state index contributed by atoms with van der Waals surface area (Å²) in [5.41, 5.74) is 2.30. The first-order valence-corrected chi connectivity index (χ1v) is 6.25. The molecule has 1 unspecified atom stereocenters. The van der Waals surface area contributed by atoms with Gasteiger partial charge in [0.05, 0.1) is 0 Å². The van der Waals surface area contributed by atoms with Gasteiger partial charge in [0.1, 0.15) is 0 Å². The second kappa shape index (κ2) is 4.77. The van der Waals surface area contributed by atoms with Crippen molar-refractivity contribution < 1.29 is 0 Å². The SMILES string of the molecule is C=C1C=C(N2CCCC(C(C)C)C2)C=CN1. The predicted octanol–water partition coefficient (Wildman–Crippen LogP) is 2.87. The van der Waals surface area contributed by atoms with Gasteiger partial charge in [-0.25, -0.2) is 0 Å². The van der Waals surface area contributed by atoms with Crippen LogP contribution in [0.3, 0.4) is 0 Å². The molecule has 88 valence electrons. The Hall–Kier alpha value is -1.18. The molecule has 1 atom stereocenters. The fourth-order valence-corrected chi connectivity index (χ4v) is 2.49. The van der Waals surface area contributed by atoms with Crippen molar-refractivity contribution in [3.63, 3.8) is 0 Å². The molecule has 0 radical (unpaired) electrons. The number of rotatable bonds is 2. The lowest BCUT2D eigenvalue weighted by Gasteiger charge is -2.37. The molecule has 16 heavy (non-hydrogen) atoms. The number of likely N-dealkylation sites (tertiary alicyclic amines) is 1. The van der Waals surface area contributed by atoms with Gasteiger partial charge in [-0.1, -0.05) is 20.4 Å². The molecule has 2 rings (SSSR count). The van der Waals surface area contributed by atoms with Crippen LogP contribution in [0, 0.1) is 11.8 Å². The van der Waals surface area contributed by atoms with E-state index < -0.39 is 0 Å². The van der Waals surface area contributed by atoms with E-state index in [4.69, 9.17) is 0 Å². The maximum Gasteiger partial charge on any atom is 0.0401 e. The van der Waals surface area contributed by atoms with Crippen LogP contribution in [0.15, 0.2) is 36.3 Å². The fourth-order valence-electron chi connectivity index (χ4n) is 2.49. The molecule has 1 fully saturated rings. The molecule has 0 aromatic rings. The zero-order valence-corrected chi connectivity index (χ0v) is 10.4. The van der Waals surface area contributed by atoms with Crippen LogP contribution < -0.4 is 5.32 Å². The van der Waals surface area contributed by atoms with Crippen LogP contribution in [0.4, 0.5) is 0 Å². The van der Waals surface area contributed by atoms with Crippen molar-refractivity contribution in [1.29, 1.82) is 0 Å². The van der Waals surface area contributed by atoms with Gasteiger partial charge in [0.15, 0.2) is 0 Å². The summed E-state index contributed by atoms with van der Waals surface area (Å²) in [6, 6.07) is 0. The molecule has 0 spiro atoms. The van der Waals surface area contributed by atoms with Crippen LogP contribution in [0.2, 0.25) is 0 Å². The van der Waals surface area contributed by atoms with Gasteiger partial charge in [-0.3, -0.25) is 0 Å². The summed E-state index contributed by atoms with van der Waals surface area (Å²) in [4.78, 5) is 2.50. The number of hydrogen-bond donors (Lipinski definition) is 1. The maximum absolute atomic E-state index is 3.95. The molecule has 2 heteroatoms. The van der Waals surface area contributed by atoms with E-state index in [1.807, 2.05) is 6.20 Å². The van der Waals surface area contributed by atoms with Crippen LogP contribution in [0.5, 0.6) is 0 Å². The van der Waals surface area contributed by atoms with Crippen LogP contribution in [0.25, 0.3) is 0 Å². The average molecular weight is 218 g/mol. The molecule has 1 N–H and O–H groups in total. The van der Waals surface area contributed by atoms with Crippen LogP contribution >= 0.6 is 0 Å². The van der Waals surface area contributed by atoms with E-state index in [1.54, 1.807) is 0 Å². The smallest absolute Gasteiger partial charge is 0.0401 e. The Morgan fingerprint density at radius 2 is 2.31 bits per heavy atom. The third-order valence-corrected chi connectivity index (χ3v) is 3.61. The first-order valence-electron chi connectivity index (χ1n) is 6.25. The molecule has 2 aliphatic heterocycles. The Morgan fingerprint density at radius 1 is 1.50 bits per heavy atom. The second-order valence-electron chi connectivity index (χ2n) is 5.16. The first kappa shape index (κ1) is 11.3. The normalized spacial score (nSPS) is 25.7. The largest absolute Gasteiger partial charge is 0.371 e. The topological polar surface area (TPSA) is 15.3 Å². The Bertz CT molecular complexity index is 326. The summed E-state index contributed by atoms with van der Waals surface area (Å²) in [6.07, 6.45) is 8.97.